The Morgan fingerprint density at radius 3 is 2.51 bits per heavy atom. The fourth-order valence-electron chi connectivity index (χ4n) is 6.86. The first-order chi connectivity index (χ1) is 21.9. The fraction of sp³-hybridized carbons (Fsp3) is 0.375. The highest BCUT2D eigenvalue weighted by molar-refractivity contribution is 5.98. The van der Waals surface area contributed by atoms with E-state index in [4.69, 9.17) is 4.74 Å². The quantitative estimate of drug-likeness (QED) is 0.215. The number of tetrazole rings is 1. The third-order valence-electron chi connectivity index (χ3n) is 9.49. The van der Waals surface area contributed by atoms with E-state index in [9.17, 15) is 19.2 Å². The highest BCUT2D eigenvalue weighted by Gasteiger charge is 2.45. The largest absolute Gasteiger partial charge is 0.496 e. The zero-order valence-corrected chi connectivity index (χ0v) is 25.0. The molecule has 4 heterocycles. The lowest BCUT2D eigenvalue weighted by Crippen LogP contribution is -2.51. The molecule has 6 rings (SSSR count). The predicted molar refractivity (Wildman–Crippen MR) is 160 cm³/mol. The van der Waals surface area contributed by atoms with Crippen LogP contribution in [0.5, 0.6) is 5.75 Å². The molecule has 2 N–H and O–H groups in total. The monoisotopic (exact) mass is 614 g/mol. The summed E-state index contributed by atoms with van der Waals surface area (Å²) in [7, 11) is 1.52. The topological polar surface area (TPSA) is 139 Å². The first-order valence-electron chi connectivity index (χ1n) is 14.9. The van der Waals surface area contributed by atoms with Gasteiger partial charge in [0.15, 0.2) is 0 Å². The number of methoxy groups -OCH3 is 1. The number of hydroxylamine groups is 1. The van der Waals surface area contributed by atoms with Crippen LogP contribution in [0.25, 0.3) is 5.69 Å². The second kappa shape index (κ2) is 12.7. The molecule has 13 heteroatoms. The van der Waals surface area contributed by atoms with Gasteiger partial charge in [0.25, 0.3) is 11.8 Å². The summed E-state index contributed by atoms with van der Waals surface area (Å²) in [6, 6.07) is 15.5. The molecule has 2 amide bonds. The molecule has 12 nitrogen and oxygen atoms in total. The number of carbonyl (C=O) groups excluding carboxylic acids is 2. The van der Waals surface area contributed by atoms with Crippen LogP contribution in [-0.2, 0) is 15.6 Å². The first kappa shape index (κ1) is 30.3. The van der Waals surface area contributed by atoms with Crippen LogP contribution in [0.3, 0.4) is 0 Å². The van der Waals surface area contributed by atoms with Gasteiger partial charge in [-0.3, -0.25) is 19.8 Å². The van der Waals surface area contributed by atoms with Crippen LogP contribution < -0.4 is 10.2 Å². The maximum Gasteiger partial charge on any atom is 0.257 e. The summed E-state index contributed by atoms with van der Waals surface area (Å²) in [4.78, 5) is 35.0. The summed E-state index contributed by atoms with van der Waals surface area (Å²) in [5, 5.41) is 20.9. The number of piperidine rings is 1. The molecular weight excluding hydrogens is 579 g/mol. The van der Waals surface area contributed by atoms with Gasteiger partial charge in [0.1, 0.15) is 17.9 Å². The van der Waals surface area contributed by atoms with E-state index in [1.165, 1.54) is 24.2 Å². The van der Waals surface area contributed by atoms with Crippen molar-refractivity contribution in [3.05, 3.63) is 95.8 Å². The Labute approximate surface area is 259 Å². The van der Waals surface area contributed by atoms with Crippen molar-refractivity contribution >= 4 is 11.8 Å². The van der Waals surface area contributed by atoms with Crippen molar-refractivity contribution < 1.29 is 23.9 Å². The van der Waals surface area contributed by atoms with E-state index in [0.29, 0.717) is 75.4 Å². The summed E-state index contributed by atoms with van der Waals surface area (Å²) in [6.07, 6.45) is 7.17. The minimum absolute atomic E-state index is 0.185. The van der Waals surface area contributed by atoms with Crippen molar-refractivity contribution in [3.63, 3.8) is 0 Å². The second-order valence-corrected chi connectivity index (χ2v) is 11.8. The van der Waals surface area contributed by atoms with E-state index < -0.39 is 16.7 Å². The number of rotatable bonds is 9. The van der Waals surface area contributed by atoms with E-state index in [2.05, 4.69) is 25.4 Å². The molecule has 0 spiro atoms. The molecule has 2 aromatic heterocycles. The number of hydrogen-bond acceptors (Lipinski definition) is 9. The van der Waals surface area contributed by atoms with Crippen molar-refractivity contribution in [2.75, 3.05) is 39.8 Å². The summed E-state index contributed by atoms with van der Waals surface area (Å²) in [6.45, 7) is 2.88. The van der Waals surface area contributed by atoms with Crippen LogP contribution in [-0.4, -0.2) is 91.8 Å². The van der Waals surface area contributed by atoms with Crippen molar-refractivity contribution in [1.29, 1.82) is 0 Å². The number of aromatic nitrogens is 5. The SMILES string of the molecule is COc1ccc(-n2cnnn2)cc1C(=O)N1CCC(CCN2CCC(C(=O)NO)(c3ccncc3)CC2)(c2cccc(F)c2)C1. The van der Waals surface area contributed by atoms with Crippen LogP contribution >= 0.6 is 0 Å². The Morgan fingerprint density at radius 2 is 1.82 bits per heavy atom. The maximum atomic E-state index is 14.6. The zero-order chi connectivity index (χ0) is 31.4. The predicted octanol–water partition coefficient (Wildman–Crippen LogP) is 2.92. The minimum atomic E-state index is -0.846. The Bertz CT molecular complexity index is 1650. The lowest BCUT2D eigenvalue weighted by atomic mass is 9.72. The molecule has 2 fully saturated rings. The summed E-state index contributed by atoms with van der Waals surface area (Å²) in [5.41, 5.74) is 3.26. The molecule has 234 valence electrons. The highest BCUT2D eigenvalue weighted by atomic mass is 19.1. The summed E-state index contributed by atoms with van der Waals surface area (Å²) in [5.74, 6) is -0.482. The smallest absolute Gasteiger partial charge is 0.257 e. The van der Waals surface area contributed by atoms with Crippen LogP contribution in [0.4, 0.5) is 4.39 Å². The number of amides is 2. The molecule has 2 aromatic carbocycles. The van der Waals surface area contributed by atoms with Crippen molar-refractivity contribution in [1.82, 2.24) is 40.5 Å². The molecule has 2 aliphatic rings. The van der Waals surface area contributed by atoms with Gasteiger partial charge in [0.2, 0.25) is 0 Å². The third-order valence-corrected chi connectivity index (χ3v) is 9.49. The molecule has 45 heavy (non-hydrogen) atoms. The summed E-state index contributed by atoms with van der Waals surface area (Å²) >= 11 is 0. The van der Waals surface area contributed by atoms with Crippen LogP contribution in [0.15, 0.2) is 73.3 Å². The van der Waals surface area contributed by atoms with Crippen LogP contribution in [0.1, 0.15) is 47.2 Å². The third kappa shape index (κ3) is 5.88. The van der Waals surface area contributed by atoms with Gasteiger partial charge < -0.3 is 14.5 Å². The number of hydrogen-bond donors (Lipinski definition) is 2. The number of nitrogens with one attached hydrogen (secondary N) is 1. The van der Waals surface area contributed by atoms with Gasteiger partial charge in [-0.2, -0.15) is 0 Å². The number of nitrogens with zero attached hydrogens (tertiary/aromatic N) is 7. The number of pyridine rings is 1. The fourth-order valence-corrected chi connectivity index (χ4v) is 6.86. The molecule has 0 bridgehead atoms. The van der Waals surface area contributed by atoms with Gasteiger partial charge in [-0.15, -0.1) is 5.10 Å². The molecule has 2 aliphatic heterocycles. The van der Waals surface area contributed by atoms with E-state index in [1.54, 1.807) is 42.7 Å². The maximum absolute atomic E-state index is 14.6. The van der Waals surface area contributed by atoms with Crippen molar-refractivity contribution in [3.8, 4) is 11.4 Å². The average Bonchev–Trinajstić information content (AvgIpc) is 3.79. The van der Waals surface area contributed by atoms with Gasteiger partial charge in [0.05, 0.1) is 23.8 Å². The number of likely N-dealkylation sites (tertiary alicyclic amines) is 2. The Kier molecular flexibility index (Phi) is 8.55. The second-order valence-electron chi connectivity index (χ2n) is 11.8. The molecule has 0 saturated carbocycles. The van der Waals surface area contributed by atoms with E-state index in [1.807, 2.05) is 28.6 Å². The highest BCUT2D eigenvalue weighted by Crippen LogP contribution is 2.41. The minimum Gasteiger partial charge on any atom is -0.496 e. The van der Waals surface area contributed by atoms with Gasteiger partial charge >= 0.3 is 0 Å². The molecule has 2 saturated heterocycles. The average molecular weight is 615 g/mol. The van der Waals surface area contributed by atoms with E-state index in [0.717, 1.165) is 11.1 Å². The number of halogens is 1. The Hall–Kier alpha value is -4.75. The number of ether oxygens (including phenoxy) is 1. The zero-order valence-electron chi connectivity index (χ0n) is 25.0. The lowest BCUT2D eigenvalue weighted by molar-refractivity contribution is -0.137. The molecule has 4 aromatic rings. The van der Waals surface area contributed by atoms with E-state index in [-0.39, 0.29) is 11.7 Å². The molecule has 0 radical (unpaired) electrons. The number of benzene rings is 2. The van der Waals surface area contributed by atoms with Gasteiger partial charge in [-0.25, -0.2) is 14.6 Å². The van der Waals surface area contributed by atoms with Crippen molar-refractivity contribution in [2.24, 2.45) is 0 Å². The van der Waals surface area contributed by atoms with Crippen molar-refractivity contribution in [2.45, 2.75) is 36.5 Å². The Morgan fingerprint density at radius 1 is 1.02 bits per heavy atom. The Balaban J connectivity index is 1.21. The van der Waals surface area contributed by atoms with Gasteiger partial charge in [-0.05, 0) is 109 Å². The van der Waals surface area contributed by atoms with Gasteiger partial charge in [-0.1, -0.05) is 12.1 Å². The molecule has 1 atom stereocenters. The van der Waals surface area contributed by atoms with Crippen LogP contribution in [0, 0.1) is 5.82 Å². The lowest BCUT2D eigenvalue weighted by Gasteiger charge is -2.41. The summed E-state index contributed by atoms with van der Waals surface area (Å²) < 4.78 is 21.6. The molecule has 1 unspecified atom stereocenters. The standard InChI is InChI=1S/C32H35FN8O4/c1-45-28-6-5-26(41-22-35-37-38-41)20-27(28)29(42)40-18-10-31(21-40,24-3-2-4-25(33)19-24)9-15-39-16-11-32(12-17-39,30(43)36-44)23-7-13-34-14-8-23/h2-8,13-14,19-20,22,44H,9-12,15-18,21H2,1H3,(H,36,43). The molecule has 0 aliphatic carbocycles. The molecular formula is C32H35FN8O4. The van der Waals surface area contributed by atoms with Crippen LogP contribution in [0.2, 0.25) is 0 Å². The normalized spacial score (nSPS) is 19.8. The van der Waals surface area contributed by atoms with Gasteiger partial charge in [0, 0.05) is 30.9 Å². The number of carbonyl (C=O) groups is 2. The first-order valence-corrected chi connectivity index (χ1v) is 14.9. The van der Waals surface area contributed by atoms with E-state index >= 15 is 0 Å².